The molecule has 100 valence electrons. The Bertz CT molecular complexity index is 508. The van der Waals surface area contributed by atoms with E-state index in [0.717, 1.165) is 5.56 Å². The Labute approximate surface area is 108 Å². The fraction of sp³-hybridized carbons (Fsp3) is 0.538. The maximum Gasteiger partial charge on any atom is 0.154 e. The van der Waals surface area contributed by atoms with Crippen molar-refractivity contribution < 1.29 is 13.5 Å². The van der Waals surface area contributed by atoms with Crippen molar-refractivity contribution in [2.75, 3.05) is 18.9 Å². The normalized spacial score (nSPS) is 31.3. The average Bonchev–Trinajstić information content (AvgIpc) is 3.10. The van der Waals surface area contributed by atoms with Crippen LogP contribution in [0.25, 0.3) is 0 Å². The van der Waals surface area contributed by atoms with Crippen molar-refractivity contribution in [2.45, 2.75) is 18.1 Å². The lowest BCUT2D eigenvalue weighted by molar-refractivity contribution is 0.212. The first-order valence-electron chi connectivity index (χ1n) is 6.11. The van der Waals surface area contributed by atoms with E-state index >= 15 is 0 Å². The molecule has 1 aliphatic rings. The van der Waals surface area contributed by atoms with Crippen LogP contribution < -0.4 is 5.73 Å². The molecule has 1 aromatic rings. The first-order valence-corrected chi connectivity index (χ1v) is 7.82. The van der Waals surface area contributed by atoms with Crippen LogP contribution in [-0.4, -0.2) is 37.7 Å². The van der Waals surface area contributed by atoms with Crippen LogP contribution in [0.2, 0.25) is 0 Å². The molecule has 1 aromatic carbocycles. The van der Waals surface area contributed by atoms with E-state index in [4.69, 9.17) is 5.73 Å². The van der Waals surface area contributed by atoms with Gasteiger partial charge in [0.1, 0.15) is 0 Å². The van der Waals surface area contributed by atoms with Crippen molar-refractivity contribution in [3.05, 3.63) is 35.9 Å². The summed E-state index contributed by atoms with van der Waals surface area (Å²) in [7, 11) is -3.19. The number of nitrogens with two attached hydrogens (primary N) is 1. The molecule has 1 fully saturated rings. The van der Waals surface area contributed by atoms with Gasteiger partial charge in [0.2, 0.25) is 0 Å². The lowest BCUT2D eigenvalue weighted by Gasteiger charge is -2.11. The number of benzene rings is 1. The molecule has 2 rings (SSSR count). The van der Waals surface area contributed by atoms with Crippen molar-refractivity contribution in [1.82, 2.24) is 0 Å². The van der Waals surface area contributed by atoms with Crippen LogP contribution in [0.1, 0.15) is 18.4 Å². The monoisotopic (exact) mass is 269 g/mol. The number of sulfone groups is 1. The summed E-state index contributed by atoms with van der Waals surface area (Å²) in [5.74, 6) is -0.0957. The number of hydrogen-bond donors (Lipinski definition) is 2. The number of aliphatic hydroxyl groups excluding tert-OH is 1. The summed E-state index contributed by atoms with van der Waals surface area (Å²) in [5.41, 5.74) is 5.97. The van der Waals surface area contributed by atoms with Gasteiger partial charge in [-0.1, -0.05) is 37.3 Å². The van der Waals surface area contributed by atoms with E-state index in [2.05, 4.69) is 0 Å². The molecule has 1 aliphatic carbocycles. The average molecular weight is 269 g/mol. The standard InChI is InChI=1S/C13H19NO3S/c1-2-18(16,17)12-11(13(12,8-14)9-15)10-6-4-3-5-7-10/h3-7,11-12,15H,2,8-9,14H2,1H3/t11-,12+,13+/m0/s1. The molecule has 1 saturated carbocycles. The third-order valence-corrected chi connectivity index (χ3v) is 6.32. The molecule has 18 heavy (non-hydrogen) atoms. The third-order valence-electron chi connectivity index (χ3n) is 4.00. The highest BCUT2D eigenvalue weighted by molar-refractivity contribution is 7.92. The van der Waals surface area contributed by atoms with Gasteiger partial charge in [0.15, 0.2) is 9.84 Å². The molecule has 4 nitrogen and oxygen atoms in total. The Morgan fingerprint density at radius 1 is 1.33 bits per heavy atom. The molecule has 0 saturated heterocycles. The predicted octanol–water partition coefficient (Wildman–Crippen LogP) is 0.525. The van der Waals surface area contributed by atoms with Crippen LogP contribution in [-0.2, 0) is 9.84 Å². The quantitative estimate of drug-likeness (QED) is 0.817. The van der Waals surface area contributed by atoms with E-state index in [-0.39, 0.29) is 24.8 Å². The molecule has 0 bridgehead atoms. The second-order valence-corrected chi connectivity index (χ2v) is 7.27. The van der Waals surface area contributed by atoms with Crippen molar-refractivity contribution in [3.8, 4) is 0 Å². The molecule has 0 heterocycles. The fourth-order valence-corrected chi connectivity index (χ4v) is 5.02. The zero-order valence-corrected chi connectivity index (χ0v) is 11.2. The summed E-state index contributed by atoms with van der Waals surface area (Å²) in [5, 5.41) is 9.02. The van der Waals surface area contributed by atoms with Gasteiger partial charge in [-0.15, -0.1) is 0 Å². The number of rotatable bonds is 5. The van der Waals surface area contributed by atoms with Crippen molar-refractivity contribution >= 4 is 9.84 Å². The second kappa shape index (κ2) is 4.64. The number of hydrogen-bond acceptors (Lipinski definition) is 4. The molecule has 0 radical (unpaired) electrons. The Morgan fingerprint density at radius 2 is 1.94 bits per heavy atom. The van der Waals surface area contributed by atoms with Gasteiger partial charge < -0.3 is 10.8 Å². The Morgan fingerprint density at radius 3 is 2.39 bits per heavy atom. The van der Waals surface area contributed by atoms with E-state index in [0.29, 0.717) is 0 Å². The van der Waals surface area contributed by atoms with Crippen LogP contribution in [0, 0.1) is 5.41 Å². The van der Waals surface area contributed by atoms with Gasteiger partial charge in [0, 0.05) is 23.6 Å². The molecule has 0 aliphatic heterocycles. The minimum atomic E-state index is -3.19. The van der Waals surface area contributed by atoms with E-state index < -0.39 is 20.5 Å². The van der Waals surface area contributed by atoms with Crippen LogP contribution in [0.5, 0.6) is 0 Å². The van der Waals surface area contributed by atoms with E-state index in [1.54, 1.807) is 6.92 Å². The SMILES string of the molecule is CCS(=O)(=O)[C@@H]1[C@H](c2ccccc2)[C@@]1(CN)CO. The molecule has 0 aromatic heterocycles. The zero-order chi connectivity index (χ0) is 13.4. The van der Waals surface area contributed by atoms with Crippen LogP contribution in [0.3, 0.4) is 0 Å². The smallest absolute Gasteiger partial charge is 0.154 e. The van der Waals surface area contributed by atoms with Crippen LogP contribution in [0.15, 0.2) is 30.3 Å². The van der Waals surface area contributed by atoms with Gasteiger partial charge in [-0.05, 0) is 5.56 Å². The lowest BCUT2D eigenvalue weighted by Crippen LogP contribution is -2.28. The van der Waals surface area contributed by atoms with Gasteiger partial charge in [-0.3, -0.25) is 0 Å². The zero-order valence-electron chi connectivity index (χ0n) is 10.4. The highest BCUT2D eigenvalue weighted by atomic mass is 32.2. The van der Waals surface area contributed by atoms with Gasteiger partial charge in [-0.2, -0.15) is 0 Å². The summed E-state index contributed by atoms with van der Waals surface area (Å²) in [4.78, 5) is 0. The van der Waals surface area contributed by atoms with Crippen molar-refractivity contribution in [3.63, 3.8) is 0 Å². The van der Waals surface area contributed by atoms with Crippen molar-refractivity contribution in [2.24, 2.45) is 11.1 Å². The molecular formula is C13H19NO3S. The molecular weight excluding hydrogens is 250 g/mol. The Hall–Kier alpha value is -0.910. The predicted molar refractivity (Wildman–Crippen MR) is 71.0 cm³/mol. The maximum absolute atomic E-state index is 12.1. The van der Waals surface area contributed by atoms with E-state index in [1.807, 2.05) is 30.3 Å². The molecule has 5 heteroatoms. The van der Waals surface area contributed by atoms with Crippen LogP contribution in [0.4, 0.5) is 0 Å². The van der Waals surface area contributed by atoms with Gasteiger partial charge in [-0.25, -0.2) is 8.42 Å². The molecule has 0 unspecified atom stereocenters. The summed E-state index contributed by atoms with van der Waals surface area (Å²) < 4.78 is 24.2. The second-order valence-electron chi connectivity index (χ2n) is 4.86. The summed E-state index contributed by atoms with van der Waals surface area (Å²) >= 11 is 0. The van der Waals surface area contributed by atoms with Crippen LogP contribution >= 0.6 is 0 Å². The van der Waals surface area contributed by atoms with E-state index in [1.165, 1.54) is 0 Å². The first-order chi connectivity index (χ1) is 8.53. The Balaban J connectivity index is 2.42. The van der Waals surface area contributed by atoms with E-state index in [9.17, 15) is 13.5 Å². The summed E-state index contributed by atoms with van der Waals surface area (Å²) in [6.07, 6.45) is 0. The largest absolute Gasteiger partial charge is 0.396 e. The van der Waals surface area contributed by atoms with Gasteiger partial charge in [0.05, 0.1) is 11.9 Å². The molecule has 3 N–H and O–H groups in total. The highest BCUT2D eigenvalue weighted by Crippen LogP contribution is 2.62. The molecule has 0 amide bonds. The van der Waals surface area contributed by atoms with Gasteiger partial charge in [0.25, 0.3) is 0 Å². The third kappa shape index (κ3) is 1.86. The maximum atomic E-state index is 12.1. The first kappa shape index (κ1) is 13.5. The minimum Gasteiger partial charge on any atom is -0.396 e. The van der Waals surface area contributed by atoms with Gasteiger partial charge >= 0.3 is 0 Å². The summed E-state index contributed by atoms with van der Waals surface area (Å²) in [6.45, 7) is 1.63. The Kier molecular flexibility index (Phi) is 3.49. The topological polar surface area (TPSA) is 80.4 Å². The molecule has 0 spiro atoms. The number of aliphatic hydroxyl groups is 1. The minimum absolute atomic E-state index is 0.0861. The highest BCUT2D eigenvalue weighted by Gasteiger charge is 2.69. The molecule has 3 atom stereocenters. The summed E-state index contributed by atoms with van der Waals surface area (Å²) in [6, 6.07) is 9.44. The van der Waals surface area contributed by atoms with Crippen molar-refractivity contribution in [1.29, 1.82) is 0 Å². The lowest BCUT2D eigenvalue weighted by atomic mass is 10.0. The fourth-order valence-electron chi connectivity index (χ4n) is 2.86.